The van der Waals surface area contributed by atoms with Gasteiger partial charge in [-0.1, -0.05) is 0 Å². The first-order chi connectivity index (χ1) is 3.81. The molecule has 0 aromatic heterocycles. The quantitative estimate of drug-likeness (QED) is 0.529. The second-order valence-corrected chi connectivity index (χ2v) is 1.91. The van der Waals surface area contributed by atoms with E-state index in [1.54, 1.807) is 0 Å². The Kier molecular flexibility index (Phi) is 5.41. The van der Waals surface area contributed by atoms with Gasteiger partial charge in [-0.2, -0.15) is 0 Å². The molecule has 0 spiro atoms. The summed E-state index contributed by atoms with van der Waals surface area (Å²) < 4.78 is 2.49. The van der Waals surface area contributed by atoms with E-state index in [2.05, 4.69) is 8.85 Å². The Morgan fingerprint density at radius 1 is 1.75 bits per heavy atom. The molecular formula is C4H9IN2O. The van der Waals surface area contributed by atoms with Gasteiger partial charge < -0.3 is 5.32 Å². The topological polar surface area (TPSA) is 41.1 Å². The fourth-order valence-corrected chi connectivity index (χ4v) is 0.555. The highest BCUT2D eigenvalue weighted by molar-refractivity contribution is 14.1. The predicted octanol–water partition coefficient (Wildman–Crippen LogP) is 0.0621. The molecule has 0 bridgehead atoms. The molecule has 0 saturated heterocycles. The summed E-state index contributed by atoms with van der Waals surface area (Å²) in [5.41, 5.74) is 0. The lowest BCUT2D eigenvalue weighted by molar-refractivity contribution is -0.118. The molecular weight excluding hydrogens is 219 g/mol. The molecule has 48 valence electrons. The van der Waals surface area contributed by atoms with E-state index in [1.807, 2.05) is 29.9 Å². The van der Waals surface area contributed by atoms with Crippen LogP contribution in [-0.4, -0.2) is 19.5 Å². The summed E-state index contributed by atoms with van der Waals surface area (Å²) >= 11 is 1.83. The molecule has 1 amide bonds. The summed E-state index contributed by atoms with van der Waals surface area (Å²) in [5, 5.41) is 2.87. The summed E-state index contributed by atoms with van der Waals surface area (Å²) in [6, 6.07) is 0. The second-order valence-electron chi connectivity index (χ2n) is 1.37. The Balaban J connectivity index is 2.99. The number of nitrogens with one attached hydrogen (secondary N) is 2. The van der Waals surface area contributed by atoms with Crippen LogP contribution in [0, 0.1) is 0 Å². The van der Waals surface area contributed by atoms with Crippen LogP contribution in [0.15, 0.2) is 0 Å². The summed E-state index contributed by atoms with van der Waals surface area (Å²) in [6.07, 6.45) is 0.555. The SMILES string of the molecule is CNCCC(=O)NI. The molecule has 0 rings (SSSR count). The fraction of sp³-hybridized carbons (Fsp3) is 0.750. The lowest BCUT2D eigenvalue weighted by Crippen LogP contribution is -2.18. The summed E-state index contributed by atoms with van der Waals surface area (Å²) in [4.78, 5) is 10.4. The smallest absolute Gasteiger partial charge is 0.229 e. The largest absolute Gasteiger partial charge is 0.319 e. The summed E-state index contributed by atoms with van der Waals surface area (Å²) in [7, 11) is 1.82. The van der Waals surface area contributed by atoms with Gasteiger partial charge in [-0.05, 0) is 7.05 Å². The van der Waals surface area contributed by atoms with Gasteiger partial charge in [0.05, 0.1) is 22.9 Å². The van der Waals surface area contributed by atoms with E-state index >= 15 is 0 Å². The van der Waals surface area contributed by atoms with Crippen LogP contribution in [0.25, 0.3) is 0 Å². The van der Waals surface area contributed by atoms with Gasteiger partial charge in [-0.3, -0.25) is 8.32 Å². The molecule has 0 saturated carbocycles. The lowest BCUT2D eigenvalue weighted by atomic mass is 10.4. The highest BCUT2D eigenvalue weighted by Gasteiger charge is 1.93. The van der Waals surface area contributed by atoms with Crippen LogP contribution in [-0.2, 0) is 4.79 Å². The third-order valence-corrected chi connectivity index (χ3v) is 1.31. The van der Waals surface area contributed by atoms with Gasteiger partial charge in [0, 0.05) is 13.0 Å². The fourth-order valence-electron chi connectivity index (χ4n) is 0.286. The highest BCUT2D eigenvalue weighted by atomic mass is 127. The maximum absolute atomic E-state index is 10.4. The van der Waals surface area contributed by atoms with Crippen LogP contribution < -0.4 is 8.85 Å². The van der Waals surface area contributed by atoms with Crippen LogP contribution in [0.2, 0.25) is 0 Å². The maximum Gasteiger partial charge on any atom is 0.229 e. The zero-order valence-corrected chi connectivity index (χ0v) is 6.86. The monoisotopic (exact) mass is 228 g/mol. The molecule has 0 fully saturated rings. The minimum Gasteiger partial charge on any atom is -0.319 e. The number of carbonyl (C=O) groups excluding carboxylic acids is 1. The zero-order valence-electron chi connectivity index (χ0n) is 4.70. The second kappa shape index (κ2) is 5.30. The van der Waals surface area contributed by atoms with E-state index in [0.29, 0.717) is 6.42 Å². The minimum atomic E-state index is 0.0694. The first-order valence-corrected chi connectivity index (χ1v) is 3.43. The van der Waals surface area contributed by atoms with E-state index in [0.717, 1.165) is 6.54 Å². The van der Waals surface area contributed by atoms with Crippen LogP contribution in [0.1, 0.15) is 6.42 Å². The van der Waals surface area contributed by atoms with Crippen molar-refractivity contribution in [3.8, 4) is 0 Å². The van der Waals surface area contributed by atoms with Crippen molar-refractivity contribution in [2.45, 2.75) is 6.42 Å². The van der Waals surface area contributed by atoms with Gasteiger partial charge in [0.1, 0.15) is 0 Å². The number of hydrogen-bond acceptors (Lipinski definition) is 2. The van der Waals surface area contributed by atoms with Crippen molar-refractivity contribution in [2.75, 3.05) is 13.6 Å². The maximum atomic E-state index is 10.4. The normalized spacial score (nSPS) is 8.75. The Morgan fingerprint density at radius 2 is 2.38 bits per heavy atom. The van der Waals surface area contributed by atoms with E-state index in [9.17, 15) is 4.79 Å². The molecule has 0 heterocycles. The Bertz CT molecular complexity index is 76.4. The Labute approximate surface area is 62.7 Å². The van der Waals surface area contributed by atoms with Crippen molar-refractivity contribution in [1.82, 2.24) is 8.85 Å². The standard InChI is InChI=1S/C4H9IN2O/c1-6-3-2-4(8)7-5/h6H,2-3H2,1H3,(H,7,8). The van der Waals surface area contributed by atoms with E-state index in [-0.39, 0.29) is 5.91 Å². The van der Waals surface area contributed by atoms with Gasteiger partial charge >= 0.3 is 0 Å². The average molecular weight is 228 g/mol. The minimum absolute atomic E-state index is 0.0694. The van der Waals surface area contributed by atoms with Crippen LogP contribution >= 0.6 is 22.9 Å². The average Bonchev–Trinajstić information content (AvgIpc) is 1.83. The molecule has 8 heavy (non-hydrogen) atoms. The third-order valence-electron chi connectivity index (χ3n) is 0.707. The van der Waals surface area contributed by atoms with Crippen LogP contribution in [0.5, 0.6) is 0 Å². The van der Waals surface area contributed by atoms with Crippen molar-refractivity contribution in [3.63, 3.8) is 0 Å². The third kappa shape index (κ3) is 4.32. The van der Waals surface area contributed by atoms with Crippen molar-refractivity contribution < 1.29 is 4.79 Å². The van der Waals surface area contributed by atoms with E-state index in [1.165, 1.54) is 0 Å². The summed E-state index contributed by atoms with van der Waals surface area (Å²) in [6.45, 7) is 0.745. The van der Waals surface area contributed by atoms with Crippen molar-refractivity contribution in [3.05, 3.63) is 0 Å². The van der Waals surface area contributed by atoms with Crippen molar-refractivity contribution in [1.29, 1.82) is 0 Å². The molecule has 3 nitrogen and oxygen atoms in total. The highest BCUT2D eigenvalue weighted by Crippen LogP contribution is 1.78. The summed E-state index contributed by atoms with van der Waals surface area (Å²) in [5.74, 6) is 0.0694. The molecule has 0 aromatic rings. The molecule has 0 aromatic carbocycles. The number of rotatable bonds is 3. The zero-order chi connectivity index (χ0) is 6.41. The van der Waals surface area contributed by atoms with Crippen molar-refractivity contribution >= 4 is 28.8 Å². The van der Waals surface area contributed by atoms with Gasteiger partial charge in [0.25, 0.3) is 0 Å². The van der Waals surface area contributed by atoms with Crippen LogP contribution in [0.3, 0.4) is 0 Å². The number of halogens is 1. The van der Waals surface area contributed by atoms with Gasteiger partial charge in [-0.25, -0.2) is 0 Å². The molecule has 0 radical (unpaired) electrons. The Hall–Kier alpha value is 0.160. The first-order valence-electron chi connectivity index (χ1n) is 2.35. The van der Waals surface area contributed by atoms with Crippen molar-refractivity contribution in [2.24, 2.45) is 0 Å². The predicted molar refractivity (Wildman–Crippen MR) is 40.7 cm³/mol. The number of hydrogen-bond donors (Lipinski definition) is 2. The molecule has 0 aliphatic carbocycles. The first kappa shape index (κ1) is 8.16. The number of carbonyl (C=O) groups is 1. The molecule has 0 unspecified atom stereocenters. The van der Waals surface area contributed by atoms with E-state index in [4.69, 9.17) is 0 Å². The molecule has 0 aliphatic rings. The Morgan fingerprint density at radius 3 is 2.75 bits per heavy atom. The van der Waals surface area contributed by atoms with E-state index < -0.39 is 0 Å². The molecule has 4 heteroatoms. The molecule has 0 atom stereocenters. The van der Waals surface area contributed by atoms with Gasteiger partial charge in [0.2, 0.25) is 5.91 Å². The van der Waals surface area contributed by atoms with Gasteiger partial charge in [-0.15, -0.1) is 0 Å². The van der Waals surface area contributed by atoms with Gasteiger partial charge in [0.15, 0.2) is 0 Å². The molecule has 0 aliphatic heterocycles. The number of amides is 1. The molecule has 2 N–H and O–H groups in total. The lowest BCUT2D eigenvalue weighted by Gasteiger charge is -1.94. The van der Waals surface area contributed by atoms with Crippen LogP contribution in [0.4, 0.5) is 0 Å².